The molecule has 42 heavy (non-hydrogen) atoms. The van der Waals surface area contributed by atoms with Gasteiger partial charge in [-0.05, 0) is 86.3 Å². The van der Waals surface area contributed by atoms with E-state index in [9.17, 15) is 14.3 Å². The number of amides is 1. The number of hydrogen-bond acceptors (Lipinski definition) is 6. The summed E-state index contributed by atoms with van der Waals surface area (Å²) >= 11 is 0. The number of carbonyl (C=O) groups excluding carboxylic acids is 1. The highest BCUT2D eigenvalue weighted by Crippen LogP contribution is 2.32. The average molecular weight is 565 g/mol. The van der Waals surface area contributed by atoms with Crippen molar-refractivity contribution < 1.29 is 14.3 Å². The number of piperidine rings is 1. The Morgan fingerprint density at radius 3 is 2.55 bits per heavy atom. The van der Waals surface area contributed by atoms with Crippen molar-refractivity contribution in [1.29, 1.82) is 0 Å². The molecule has 9 heteroatoms. The molecule has 0 radical (unpaired) electrons. The van der Waals surface area contributed by atoms with Crippen LogP contribution in [0.15, 0.2) is 79.1 Å². The molecule has 0 spiro atoms. The second-order valence-electron chi connectivity index (χ2n) is 10.8. The van der Waals surface area contributed by atoms with Crippen LogP contribution in [0.2, 0.25) is 0 Å². The maximum atomic E-state index is 14.3. The number of fused-ring (bicyclic) bond motifs is 1. The molecule has 1 aliphatic heterocycles. The zero-order chi connectivity index (χ0) is 29.2. The zero-order valence-corrected chi connectivity index (χ0v) is 23.6. The van der Waals surface area contributed by atoms with Crippen molar-refractivity contribution >= 4 is 22.5 Å². The van der Waals surface area contributed by atoms with Gasteiger partial charge in [-0.15, -0.1) is 0 Å². The van der Waals surface area contributed by atoms with Crippen LogP contribution in [0.5, 0.6) is 5.75 Å². The molecule has 1 aliphatic rings. The van der Waals surface area contributed by atoms with Gasteiger partial charge in [0, 0.05) is 47.0 Å². The van der Waals surface area contributed by atoms with Crippen molar-refractivity contribution in [2.45, 2.75) is 31.8 Å². The van der Waals surface area contributed by atoms with Gasteiger partial charge in [0.05, 0.1) is 24.1 Å². The lowest BCUT2D eigenvalue weighted by atomic mass is 10.0. The number of halogens is 1. The number of carbonyl (C=O) groups is 1. The van der Waals surface area contributed by atoms with Crippen LogP contribution < -0.4 is 15.5 Å². The highest BCUT2D eigenvalue weighted by molar-refractivity contribution is 5.96. The van der Waals surface area contributed by atoms with E-state index in [0.29, 0.717) is 23.1 Å². The van der Waals surface area contributed by atoms with E-state index in [4.69, 9.17) is 0 Å². The topological polar surface area (TPSA) is 106 Å². The van der Waals surface area contributed by atoms with Crippen molar-refractivity contribution in [2.24, 2.45) is 0 Å². The lowest BCUT2D eigenvalue weighted by Gasteiger charge is -2.33. The van der Waals surface area contributed by atoms with Crippen LogP contribution in [0, 0.1) is 12.7 Å². The summed E-state index contributed by atoms with van der Waals surface area (Å²) < 4.78 is 14.3. The fraction of sp³-hybridized carbons (Fsp3) is 0.242. The van der Waals surface area contributed by atoms with Crippen molar-refractivity contribution in [3.63, 3.8) is 0 Å². The van der Waals surface area contributed by atoms with E-state index < -0.39 is 11.9 Å². The Hall–Kier alpha value is -4.76. The Kier molecular flexibility index (Phi) is 7.58. The maximum Gasteiger partial charge on any atom is 0.252 e. The van der Waals surface area contributed by atoms with Crippen LogP contribution in [-0.4, -0.2) is 52.1 Å². The maximum absolute atomic E-state index is 14.3. The fourth-order valence-corrected chi connectivity index (χ4v) is 5.65. The van der Waals surface area contributed by atoms with Crippen LogP contribution in [0.4, 0.5) is 10.1 Å². The third-order valence-electron chi connectivity index (χ3n) is 7.94. The first kappa shape index (κ1) is 27.4. The number of aromatic nitrogens is 3. The number of nitrogens with zero attached hydrogens (tertiary/aromatic N) is 3. The molecule has 1 unspecified atom stereocenters. The summed E-state index contributed by atoms with van der Waals surface area (Å²) in [5.74, 6) is -0.482. The number of phenolic OH excluding ortho intramolecular Hbond substituents is 1. The van der Waals surface area contributed by atoms with E-state index in [1.54, 1.807) is 12.1 Å². The second kappa shape index (κ2) is 11.6. The number of aromatic hydroxyl groups is 1. The van der Waals surface area contributed by atoms with Crippen LogP contribution in [-0.2, 0) is 0 Å². The molecule has 1 fully saturated rings. The number of anilines is 1. The zero-order valence-electron chi connectivity index (χ0n) is 23.6. The summed E-state index contributed by atoms with van der Waals surface area (Å²) in [6, 6.07) is 18.5. The van der Waals surface area contributed by atoms with E-state index >= 15 is 0 Å². The predicted molar refractivity (Wildman–Crippen MR) is 162 cm³/mol. The number of phenols is 1. The Labute approximate surface area is 243 Å². The second-order valence-corrected chi connectivity index (χ2v) is 10.8. The van der Waals surface area contributed by atoms with Crippen molar-refractivity contribution in [2.75, 3.05) is 25.0 Å². The van der Waals surface area contributed by atoms with Gasteiger partial charge < -0.3 is 25.6 Å². The molecular formula is C33H33FN6O2. The summed E-state index contributed by atoms with van der Waals surface area (Å²) in [4.78, 5) is 28.6. The molecule has 8 nitrogen and oxygen atoms in total. The van der Waals surface area contributed by atoms with E-state index in [2.05, 4.69) is 30.5 Å². The quantitative estimate of drug-likeness (QED) is 0.209. The van der Waals surface area contributed by atoms with Crippen molar-refractivity contribution in [1.82, 2.24) is 25.6 Å². The third kappa shape index (κ3) is 5.69. The molecule has 1 amide bonds. The van der Waals surface area contributed by atoms with E-state index in [0.717, 1.165) is 53.6 Å². The minimum absolute atomic E-state index is 0.117. The summed E-state index contributed by atoms with van der Waals surface area (Å²) in [7, 11) is 2.00. The molecule has 4 N–H and O–H groups in total. The number of nitrogens with one attached hydrogen (secondary N) is 3. The van der Waals surface area contributed by atoms with Gasteiger partial charge >= 0.3 is 0 Å². The van der Waals surface area contributed by atoms with Crippen LogP contribution >= 0.6 is 0 Å². The minimum atomic E-state index is -0.827. The Balaban J connectivity index is 1.28. The lowest BCUT2D eigenvalue weighted by Crippen LogP contribution is -2.41. The van der Waals surface area contributed by atoms with Gasteiger partial charge in [-0.2, -0.15) is 0 Å². The molecule has 5 aromatic rings. The van der Waals surface area contributed by atoms with Gasteiger partial charge in [0.1, 0.15) is 11.6 Å². The van der Waals surface area contributed by atoms with Crippen molar-refractivity contribution in [3.8, 4) is 17.1 Å². The molecule has 3 heterocycles. The Morgan fingerprint density at radius 2 is 1.81 bits per heavy atom. The SMILES string of the molecule is CNC1CCN(c2cnc(-c3cc(C)cc(C(=O)NC(c4cc5ccccc5[nH]4)c4cc(F)ccc4O)c3)nc2)CC1. The van der Waals surface area contributed by atoms with Gasteiger partial charge in [0.2, 0.25) is 0 Å². The normalized spacial score (nSPS) is 14.7. The number of para-hydroxylation sites is 1. The first-order chi connectivity index (χ1) is 20.4. The van der Waals surface area contributed by atoms with Crippen LogP contribution in [0.25, 0.3) is 22.3 Å². The molecule has 6 rings (SSSR count). The molecule has 1 saturated heterocycles. The third-order valence-corrected chi connectivity index (χ3v) is 7.94. The Bertz CT molecular complexity index is 1690. The van der Waals surface area contributed by atoms with E-state index in [-0.39, 0.29) is 17.2 Å². The molecule has 1 atom stereocenters. The fourth-order valence-electron chi connectivity index (χ4n) is 5.65. The van der Waals surface area contributed by atoms with Gasteiger partial charge in [0.15, 0.2) is 5.82 Å². The highest BCUT2D eigenvalue weighted by Gasteiger charge is 2.24. The van der Waals surface area contributed by atoms with Gasteiger partial charge in [-0.25, -0.2) is 14.4 Å². The lowest BCUT2D eigenvalue weighted by molar-refractivity contribution is 0.0942. The van der Waals surface area contributed by atoms with Crippen LogP contribution in [0.3, 0.4) is 0 Å². The first-order valence-corrected chi connectivity index (χ1v) is 14.1. The highest BCUT2D eigenvalue weighted by atomic mass is 19.1. The predicted octanol–water partition coefficient (Wildman–Crippen LogP) is 5.49. The van der Waals surface area contributed by atoms with Gasteiger partial charge in [-0.1, -0.05) is 18.2 Å². The number of hydrogen-bond donors (Lipinski definition) is 4. The molecule has 0 aliphatic carbocycles. The molecule has 3 aromatic carbocycles. The monoisotopic (exact) mass is 564 g/mol. The molecular weight excluding hydrogens is 531 g/mol. The average Bonchev–Trinajstić information content (AvgIpc) is 3.45. The number of rotatable bonds is 7. The van der Waals surface area contributed by atoms with E-state index in [1.165, 1.54) is 18.2 Å². The summed E-state index contributed by atoms with van der Waals surface area (Å²) in [6.07, 6.45) is 5.81. The van der Waals surface area contributed by atoms with Gasteiger partial charge in [0.25, 0.3) is 5.91 Å². The molecule has 214 valence electrons. The minimum Gasteiger partial charge on any atom is -0.508 e. The summed E-state index contributed by atoms with van der Waals surface area (Å²) in [5, 5.41) is 17.9. The molecule has 2 aromatic heterocycles. The Morgan fingerprint density at radius 1 is 1.05 bits per heavy atom. The molecule has 0 saturated carbocycles. The number of H-pyrrole nitrogens is 1. The van der Waals surface area contributed by atoms with Crippen LogP contribution in [0.1, 0.15) is 46.1 Å². The van der Waals surface area contributed by atoms with Gasteiger partial charge in [-0.3, -0.25) is 4.79 Å². The number of benzene rings is 3. The summed E-state index contributed by atoms with van der Waals surface area (Å²) in [5.41, 5.74) is 4.72. The standard InChI is InChI=1S/C33H33FN6O2/c1-20-13-22(32-36-18-26(19-37-32)40-11-9-25(35-2)10-12-40)15-23(14-20)33(42)39-31(27-17-24(34)7-8-30(27)41)29-16-21-5-3-4-6-28(21)38-29/h3-8,13-19,25,31,35,38,41H,9-12H2,1-2H3,(H,39,42). The smallest absolute Gasteiger partial charge is 0.252 e. The molecule has 0 bridgehead atoms. The largest absolute Gasteiger partial charge is 0.508 e. The van der Waals surface area contributed by atoms with E-state index in [1.807, 2.05) is 62.8 Å². The number of aromatic amines is 1. The number of aryl methyl sites for hydroxylation is 1. The first-order valence-electron chi connectivity index (χ1n) is 14.1. The summed E-state index contributed by atoms with van der Waals surface area (Å²) in [6.45, 7) is 3.80. The van der Waals surface area contributed by atoms with Crippen molar-refractivity contribution in [3.05, 3.63) is 107 Å².